The van der Waals surface area contributed by atoms with Crippen LogP contribution in [0.15, 0.2) is 72.8 Å². The Morgan fingerprint density at radius 3 is 1.48 bits per heavy atom. The second kappa shape index (κ2) is 12.4. The minimum absolute atomic E-state index is 0.389. The fraction of sp³-hybridized carbons (Fsp3) is 0.290. The van der Waals surface area contributed by atoms with E-state index in [0.29, 0.717) is 21.9 Å². The molecule has 0 aliphatic carbocycles. The topological polar surface area (TPSA) is 117 Å². The van der Waals surface area contributed by atoms with Crippen molar-refractivity contribution < 1.29 is 29.1 Å². The summed E-state index contributed by atoms with van der Waals surface area (Å²) in [7, 11) is -1.56. The molecule has 0 saturated heterocycles. The number of nitrogens with one attached hydrogen (secondary N) is 2. The molecule has 2 amide bonds. The average Bonchev–Trinajstić information content (AvgIpc) is 2.84. The maximum Gasteiger partial charge on any atom is 0.489 e. The van der Waals surface area contributed by atoms with Gasteiger partial charge in [0.05, 0.1) is 11.4 Å². The van der Waals surface area contributed by atoms with Crippen LogP contribution in [0.4, 0.5) is 21.0 Å². The third-order valence-corrected chi connectivity index (χ3v) is 5.65. The first kappa shape index (κ1) is 30.5. The molecule has 0 spiro atoms. The van der Waals surface area contributed by atoms with E-state index >= 15 is 0 Å². The Bertz CT molecular complexity index is 1510. The number of aryl methyl sites for hydroxylation is 1. The first-order valence-electron chi connectivity index (χ1n) is 13.0. The van der Waals surface area contributed by atoms with E-state index in [1.807, 2.05) is 63.2 Å². The fourth-order valence-corrected chi connectivity index (χ4v) is 4.04. The number of ether oxygens (including phenoxy) is 2. The number of amides is 2. The van der Waals surface area contributed by atoms with Crippen LogP contribution in [-0.2, 0) is 9.47 Å². The fourth-order valence-electron chi connectivity index (χ4n) is 4.04. The quantitative estimate of drug-likeness (QED) is 0.223. The standard InChI is InChI=1S/C16H19NO2.C15H18BNO4/c1-11-9-10-14(13-8-6-5-7-12(11)13)17-15(18)19-16(2,3)4;1-15(2,3)21-14(18)17-13-9-8-12(16(19)20)10-6-4-5-7-11(10)13/h5-10H,1-4H3,(H,17,18);4-9,19-20H,1-3H3,(H,17,18). The third kappa shape index (κ3) is 8.46. The van der Waals surface area contributed by atoms with Gasteiger partial charge in [0, 0.05) is 10.8 Å². The van der Waals surface area contributed by atoms with E-state index in [0.717, 1.165) is 16.5 Å². The summed E-state index contributed by atoms with van der Waals surface area (Å²) >= 11 is 0. The van der Waals surface area contributed by atoms with E-state index in [1.54, 1.807) is 51.1 Å². The molecule has 4 rings (SSSR count). The SMILES string of the molecule is CC(C)(C)OC(=O)Nc1ccc(B(O)O)c2ccccc12.Cc1ccc(NC(=O)OC(C)(C)C)c2ccccc12. The lowest BCUT2D eigenvalue weighted by Gasteiger charge is -2.20. The molecule has 0 saturated carbocycles. The molecule has 0 aromatic heterocycles. The molecular weight excluding hydrogens is 507 g/mol. The van der Waals surface area contributed by atoms with Crippen LogP contribution in [0.3, 0.4) is 0 Å². The van der Waals surface area contributed by atoms with E-state index in [-0.39, 0.29) is 0 Å². The maximum atomic E-state index is 11.9. The van der Waals surface area contributed by atoms with E-state index in [2.05, 4.69) is 17.6 Å². The highest BCUT2D eigenvalue weighted by Crippen LogP contribution is 2.27. The van der Waals surface area contributed by atoms with E-state index in [1.165, 1.54) is 5.56 Å². The highest BCUT2D eigenvalue weighted by atomic mass is 16.6. The number of fused-ring (bicyclic) bond motifs is 2. The van der Waals surface area contributed by atoms with Gasteiger partial charge in [-0.3, -0.25) is 10.6 Å². The van der Waals surface area contributed by atoms with Gasteiger partial charge in [0.1, 0.15) is 11.2 Å². The van der Waals surface area contributed by atoms with Gasteiger partial charge < -0.3 is 19.5 Å². The smallest absolute Gasteiger partial charge is 0.444 e. The zero-order chi connectivity index (χ0) is 29.7. The monoisotopic (exact) mass is 544 g/mol. The van der Waals surface area contributed by atoms with Crippen LogP contribution in [0.1, 0.15) is 47.1 Å². The van der Waals surface area contributed by atoms with E-state index in [4.69, 9.17) is 9.47 Å². The molecule has 0 atom stereocenters. The molecule has 4 aromatic carbocycles. The van der Waals surface area contributed by atoms with Gasteiger partial charge in [-0.15, -0.1) is 0 Å². The highest BCUT2D eigenvalue weighted by molar-refractivity contribution is 6.62. The number of benzene rings is 4. The van der Waals surface area contributed by atoms with Gasteiger partial charge in [-0.2, -0.15) is 0 Å². The number of hydrogen-bond donors (Lipinski definition) is 4. The number of carbonyl (C=O) groups is 2. The van der Waals surface area contributed by atoms with Gasteiger partial charge in [-0.05, 0) is 82.4 Å². The number of rotatable bonds is 3. The Morgan fingerprint density at radius 2 is 1.02 bits per heavy atom. The predicted octanol–water partition coefficient (Wildman–Crippen LogP) is 6.36. The molecule has 0 fully saturated rings. The Labute approximate surface area is 235 Å². The third-order valence-electron chi connectivity index (χ3n) is 5.65. The number of hydrogen-bond acceptors (Lipinski definition) is 6. The Kier molecular flexibility index (Phi) is 9.45. The summed E-state index contributed by atoms with van der Waals surface area (Å²) in [5.41, 5.74) is 1.83. The van der Waals surface area contributed by atoms with Crippen molar-refractivity contribution >= 4 is 57.7 Å². The van der Waals surface area contributed by atoms with Crippen molar-refractivity contribution in [3.63, 3.8) is 0 Å². The minimum Gasteiger partial charge on any atom is -0.444 e. The van der Waals surface area contributed by atoms with Gasteiger partial charge >= 0.3 is 19.3 Å². The molecule has 4 aromatic rings. The number of anilines is 2. The van der Waals surface area contributed by atoms with Crippen LogP contribution in [0.2, 0.25) is 0 Å². The minimum atomic E-state index is -1.56. The lowest BCUT2D eigenvalue weighted by Crippen LogP contribution is -2.31. The zero-order valence-corrected chi connectivity index (χ0v) is 24.0. The van der Waals surface area contributed by atoms with Crippen LogP contribution in [0, 0.1) is 6.92 Å². The molecule has 0 aliphatic rings. The Morgan fingerprint density at radius 1 is 0.625 bits per heavy atom. The second-order valence-corrected chi connectivity index (χ2v) is 11.4. The molecule has 0 unspecified atom stereocenters. The summed E-state index contributed by atoms with van der Waals surface area (Å²) in [4.78, 5) is 23.7. The lowest BCUT2D eigenvalue weighted by molar-refractivity contribution is 0.0625. The molecule has 0 radical (unpaired) electrons. The molecule has 8 nitrogen and oxygen atoms in total. The largest absolute Gasteiger partial charge is 0.489 e. The van der Waals surface area contributed by atoms with Crippen molar-refractivity contribution in [2.75, 3.05) is 10.6 Å². The van der Waals surface area contributed by atoms with Gasteiger partial charge in [0.15, 0.2) is 0 Å². The molecule has 40 heavy (non-hydrogen) atoms. The van der Waals surface area contributed by atoms with Crippen molar-refractivity contribution in [3.05, 3.63) is 78.4 Å². The lowest BCUT2D eigenvalue weighted by atomic mass is 9.77. The van der Waals surface area contributed by atoms with Crippen molar-refractivity contribution in [1.82, 2.24) is 0 Å². The van der Waals surface area contributed by atoms with Crippen LogP contribution in [0.5, 0.6) is 0 Å². The highest BCUT2D eigenvalue weighted by Gasteiger charge is 2.20. The molecular formula is C31H37BN2O6. The van der Waals surface area contributed by atoms with Gasteiger partial charge in [0.25, 0.3) is 0 Å². The summed E-state index contributed by atoms with van der Waals surface area (Å²) < 4.78 is 10.5. The zero-order valence-electron chi connectivity index (χ0n) is 24.0. The summed E-state index contributed by atoms with van der Waals surface area (Å²) in [5, 5.41) is 27.8. The molecule has 4 N–H and O–H groups in total. The molecule has 210 valence electrons. The Balaban J connectivity index is 0.000000222. The van der Waals surface area contributed by atoms with Crippen LogP contribution in [-0.4, -0.2) is 40.6 Å². The average molecular weight is 544 g/mol. The van der Waals surface area contributed by atoms with E-state index < -0.39 is 30.5 Å². The first-order chi connectivity index (χ1) is 18.6. The van der Waals surface area contributed by atoms with Crippen LogP contribution >= 0.6 is 0 Å². The maximum absolute atomic E-state index is 11.9. The van der Waals surface area contributed by atoms with Crippen molar-refractivity contribution in [2.24, 2.45) is 0 Å². The molecule has 0 bridgehead atoms. The van der Waals surface area contributed by atoms with Gasteiger partial charge in [0.2, 0.25) is 0 Å². The summed E-state index contributed by atoms with van der Waals surface area (Å²) in [6.45, 7) is 13.0. The van der Waals surface area contributed by atoms with E-state index in [9.17, 15) is 19.6 Å². The second-order valence-electron chi connectivity index (χ2n) is 11.4. The number of carbonyl (C=O) groups excluding carboxylic acids is 2. The normalized spacial score (nSPS) is 11.3. The van der Waals surface area contributed by atoms with Gasteiger partial charge in [-0.25, -0.2) is 9.59 Å². The summed E-state index contributed by atoms with van der Waals surface area (Å²) in [6.07, 6.45) is -0.980. The molecule has 0 heterocycles. The van der Waals surface area contributed by atoms with Crippen LogP contribution in [0.25, 0.3) is 21.5 Å². The van der Waals surface area contributed by atoms with Crippen LogP contribution < -0.4 is 16.1 Å². The van der Waals surface area contributed by atoms with Crippen molar-refractivity contribution in [1.29, 1.82) is 0 Å². The predicted molar refractivity (Wildman–Crippen MR) is 162 cm³/mol. The van der Waals surface area contributed by atoms with Crippen molar-refractivity contribution in [2.45, 2.75) is 59.7 Å². The first-order valence-corrected chi connectivity index (χ1v) is 13.0. The van der Waals surface area contributed by atoms with Crippen molar-refractivity contribution in [3.8, 4) is 0 Å². The molecule has 9 heteroatoms. The summed E-state index contributed by atoms with van der Waals surface area (Å²) in [6, 6.07) is 22.3. The Hall–Kier alpha value is -4.08. The molecule has 0 aliphatic heterocycles. The summed E-state index contributed by atoms with van der Waals surface area (Å²) in [5.74, 6) is 0. The van der Waals surface area contributed by atoms with Gasteiger partial charge in [-0.1, -0.05) is 60.7 Å².